The zero-order chi connectivity index (χ0) is 16.2. The lowest BCUT2D eigenvalue weighted by molar-refractivity contribution is 0.270. The number of aromatic nitrogens is 2. The van der Waals surface area contributed by atoms with Gasteiger partial charge in [0.15, 0.2) is 11.6 Å². The molecule has 0 amide bonds. The van der Waals surface area contributed by atoms with Crippen molar-refractivity contribution >= 4 is 23.0 Å². The van der Waals surface area contributed by atoms with Crippen LogP contribution in [0.5, 0.6) is 0 Å². The van der Waals surface area contributed by atoms with E-state index in [1.54, 1.807) is 12.1 Å². The van der Waals surface area contributed by atoms with Crippen LogP contribution in [0.15, 0.2) is 30.6 Å². The minimum atomic E-state index is -0.277. The fourth-order valence-corrected chi connectivity index (χ4v) is 2.68. The number of hydrogen-bond donors (Lipinski definition) is 2. The number of benzene rings is 1. The number of nitrogen functional groups attached to an aromatic ring is 1. The Balaban J connectivity index is 1.77. The van der Waals surface area contributed by atoms with Crippen LogP contribution in [0.2, 0.25) is 0 Å². The Labute approximate surface area is 135 Å². The molecule has 1 fully saturated rings. The molecule has 0 bridgehead atoms. The van der Waals surface area contributed by atoms with Crippen molar-refractivity contribution in [2.24, 2.45) is 0 Å². The standard InChI is InChI=1S/C16H21FN6/c1-2-22-7-9-23(10-8-22)16-14(18)15(19-11-20-16)21-13-5-3-12(17)4-6-13/h3-6,11H,2,7-10,18H2,1H3,(H,19,20,21). The molecule has 1 aromatic carbocycles. The van der Waals surface area contributed by atoms with E-state index in [1.807, 2.05) is 0 Å². The predicted molar refractivity (Wildman–Crippen MR) is 90.5 cm³/mol. The fourth-order valence-electron chi connectivity index (χ4n) is 2.68. The van der Waals surface area contributed by atoms with Crippen LogP contribution in [0.1, 0.15) is 6.92 Å². The average molecular weight is 316 g/mol. The number of nitrogens with one attached hydrogen (secondary N) is 1. The Kier molecular flexibility index (Phi) is 4.57. The topological polar surface area (TPSA) is 70.3 Å². The van der Waals surface area contributed by atoms with Crippen molar-refractivity contribution in [3.8, 4) is 0 Å². The molecule has 0 radical (unpaired) electrons. The summed E-state index contributed by atoms with van der Waals surface area (Å²) in [5, 5.41) is 3.12. The predicted octanol–water partition coefficient (Wildman–Crippen LogP) is 2.08. The molecule has 0 atom stereocenters. The molecule has 122 valence electrons. The maximum absolute atomic E-state index is 13.0. The Morgan fingerprint density at radius 2 is 1.83 bits per heavy atom. The highest BCUT2D eigenvalue weighted by Gasteiger charge is 2.20. The smallest absolute Gasteiger partial charge is 0.159 e. The summed E-state index contributed by atoms with van der Waals surface area (Å²) in [5.41, 5.74) is 7.49. The van der Waals surface area contributed by atoms with E-state index in [-0.39, 0.29) is 5.82 Å². The lowest BCUT2D eigenvalue weighted by Gasteiger charge is -2.35. The van der Waals surface area contributed by atoms with Crippen molar-refractivity contribution in [2.75, 3.05) is 48.7 Å². The molecule has 0 spiro atoms. The van der Waals surface area contributed by atoms with E-state index >= 15 is 0 Å². The van der Waals surface area contributed by atoms with E-state index in [2.05, 4.69) is 32.0 Å². The number of halogens is 1. The Morgan fingerprint density at radius 1 is 1.13 bits per heavy atom. The van der Waals surface area contributed by atoms with Crippen LogP contribution in [0.4, 0.5) is 27.4 Å². The first kappa shape index (κ1) is 15.5. The van der Waals surface area contributed by atoms with Gasteiger partial charge in [0.1, 0.15) is 17.8 Å². The van der Waals surface area contributed by atoms with Gasteiger partial charge in [0.25, 0.3) is 0 Å². The summed E-state index contributed by atoms with van der Waals surface area (Å²) in [4.78, 5) is 13.1. The third-order valence-electron chi connectivity index (χ3n) is 4.09. The molecule has 3 N–H and O–H groups in total. The third kappa shape index (κ3) is 3.50. The van der Waals surface area contributed by atoms with Gasteiger partial charge in [-0.1, -0.05) is 6.92 Å². The van der Waals surface area contributed by atoms with Crippen molar-refractivity contribution in [1.29, 1.82) is 0 Å². The molecule has 0 unspecified atom stereocenters. The lowest BCUT2D eigenvalue weighted by Crippen LogP contribution is -2.46. The highest BCUT2D eigenvalue weighted by atomic mass is 19.1. The second kappa shape index (κ2) is 6.78. The zero-order valence-electron chi connectivity index (χ0n) is 13.2. The minimum absolute atomic E-state index is 0.277. The molecule has 23 heavy (non-hydrogen) atoms. The van der Waals surface area contributed by atoms with Gasteiger partial charge in [0.05, 0.1) is 0 Å². The number of rotatable bonds is 4. The monoisotopic (exact) mass is 316 g/mol. The Hall–Kier alpha value is -2.41. The van der Waals surface area contributed by atoms with Gasteiger partial charge in [-0.2, -0.15) is 0 Å². The van der Waals surface area contributed by atoms with Crippen LogP contribution in [0.3, 0.4) is 0 Å². The van der Waals surface area contributed by atoms with Gasteiger partial charge in [0, 0.05) is 31.9 Å². The van der Waals surface area contributed by atoms with Crippen molar-refractivity contribution in [3.63, 3.8) is 0 Å². The van der Waals surface area contributed by atoms with Gasteiger partial charge in [-0.05, 0) is 30.8 Å². The number of hydrogen-bond acceptors (Lipinski definition) is 6. The first-order valence-corrected chi connectivity index (χ1v) is 7.77. The number of anilines is 4. The maximum atomic E-state index is 13.0. The van der Waals surface area contributed by atoms with E-state index < -0.39 is 0 Å². The minimum Gasteiger partial charge on any atom is -0.393 e. The van der Waals surface area contributed by atoms with Crippen molar-refractivity contribution < 1.29 is 4.39 Å². The van der Waals surface area contributed by atoms with Crippen LogP contribution in [-0.4, -0.2) is 47.6 Å². The highest BCUT2D eigenvalue weighted by molar-refractivity contribution is 5.78. The number of nitrogens with zero attached hydrogens (tertiary/aromatic N) is 4. The third-order valence-corrected chi connectivity index (χ3v) is 4.09. The molecule has 3 rings (SSSR count). The van der Waals surface area contributed by atoms with Gasteiger partial charge in [-0.25, -0.2) is 14.4 Å². The largest absolute Gasteiger partial charge is 0.393 e. The summed E-state index contributed by atoms with van der Waals surface area (Å²) >= 11 is 0. The molecule has 1 saturated heterocycles. The Bertz CT molecular complexity index is 652. The first-order chi connectivity index (χ1) is 11.2. The summed E-state index contributed by atoms with van der Waals surface area (Å²) in [6.45, 7) is 7.02. The summed E-state index contributed by atoms with van der Waals surface area (Å²) in [6, 6.07) is 6.09. The summed E-state index contributed by atoms with van der Waals surface area (Å²) in [7, 11) is 0. The maximum Gasteiger partial charge on any atom is 0.159 e. The second-order valence-electron chi connectivity index (χ2n) is 5.51. The van der Waals surface area contributed by atoms with Crippen LogP contribution >= 0.6 is 0 Å². The average Bonchev–Trinajstić information content (AvgIpc) is 2.59. The quantitative estimate of drug-likeness (QED) is 0.900. The van der Waals surface area contributed by atoms with E-state index in [0.29, 0.717) is 11.5 Å². The van der Waals surface area contributed by atoms with Crippen LogP contribution in [0, 0.1) is 5.82 Å². The fraction of sp³-hybridized carbons (Fsp3) is 0.375. The molecule has 0 aliphatic carbocycles. The summed E-state index contributed by atoms with van der Waals surface area (Å²) in [6.07, 6.45) is 1.50. The summed E-state index contributed by atoms with van der Waals surface area (Å²) < 4.78 is 13.0. The molecule has 1 aromatic heterocycles. The highest BCUT2D eigenvalue weighted by Crippen LogP contribution is 2.29. The normalized spacial score (nSPS) is 15.7. The second-order valence-corrected chi connectivity index (χ2v) is 5.51. The van der Waals surface area contributed by atoms with Gasteiger partial charge in [0.2, 0.25) is 0 Å². The van der Waals surface area contributed by atoms with Crippen molar-refractivity contribution in [3.05, 3.63) is 36.4 Å². The van der Waals surface area contributed by atoms with Crippen molar-refractivity contribution in [2.45, 2.75) is 6.92 Å². The number of piperazine rings is 1. The van der Waals surface area contributed by atoms with Gasteiger partial charge in [-0.3, -0.25) is 0 Å². The molecular formula is C16H21FN6. The van der Waals surface area contributed by atoms with E-state index in [9.17, 15) is 4.39 Å². The van der Waals surface area contributed by atoms with Gasteiger partial charge < -0.3 is 20.9 Å². The van der Waals surface area contributed by atoms with Crippen LogP contribution < -0.4 is 16.0 Å². The zero-order valence-corrected chi connectivity index (χ0v) is 13.2. The van der Waals surface area contributed by atoms with Gasteiger partial charge >= 0.3 is 0 Å². The molecule has 2 aromatic rings. The van der Waals surface area contributed by atoms with Crippen LogP contribution in [-0.2, 0) is 0 Å². The number of nitrogens with two attached hydrogens (primary N) is 1. The molecule has 0 saturated carbocycles. The molecule has 1 aliphatic heterocycles. The van der Waals surface area contributed by atoms with E-state index in [4.69, 9.17) is 5.73 Å². The van der Waals surface area contributed by atoms with E-state index in [0.717, 1.165) is 44.2 Å². The summed E-state index contributed by atoms with van der Waals surface area (Å²) in [5.74, 6) is 1.01. The number of likely N-dealkylation sites (N-methyl/N-ethyl adjacent to an activating group) is 1. The molecule has 2 heterocycles. The van der Waals surface area contributed by atoms with Crippen molar-refractivity contribution in [1.82, 2.24) is 14.9 Å². The molecule has 7 heteroatoms. The molecule has 1 aliphatic rings. The SMILES string of the molecule is CCN1CCN(c2ncnc(Nc3ccc(F)cc3)c2N)CC1. The Morgan fingerprint density at radius 3 is 2.48 bits per heavy atom. The first-order valence-electron chi connectivity index (χ1n) is 7.77. The lowest BCUT2D eigenvalue weighted by atomic mass is 10.2. The van der Waals surface area contributed by atoms with Gasteiger partial charge in [-0.15, -0.1) is 0 Å². The molecular weight excluding hydrogens is 295 g/mol. The molecule has 6 nitrogen and oxygen atoms in total. The van der Waals surface area contributed by atoms with Crippen LogP contribution in [0.25, 0.3) is 0 Å². The van der Waals surface area contributed by atoms with E-state index in [1.165, 1.54) is 18.5 Å².